The first-order valence-electron chi connectivity index (χ1n) is 3.94. The quantitative estimate of drug-likeness (QED) is 0.720. The lowest BCUT2D eigenvalue weighted by Gasteiger charge is -2.01. The number of aryl methyl sites for hydroxylation is 1. The fourth-order valence-corrected chi connectivity index (χ4v) is 1.10. The lowest BCUT2D eigenvalue weighted by atomic mass is 10.1. The first kappa shape index (κ1) is 8.27. The molecular formula is C8H14N2O. The summed E-state index contributed by atoms with van der Waals surface area (Å²) in [4.78, 5) is 0. The van der Waals surface area contributed by atoms with E-state index in [4.69, 9.17) is 10.3 Å². The average Bonchev–Trinajstić information content (AvgIpc) is 2.36. The minimum Gasteiger partial charge on any atom is -0.364 e. The zero-order chi connectivity index (χ0) is 8.27. The van der Waals surface area contributed by atoms with Gasteiger partial charge in [-0.15, -0.1) is 0 Å². The van der Waals surface area contributed by atoms with Gasteiger partial charge in [0.25, 0.3) is 0 Å². The second-order valence-corrected chi connectivity index (χ2v) is 2.76. The van der Waals surface area contributed by atoms with Crippen LogP contribution in [0.4, 0.5) is 0 Å². The van der Waals surface area contributed by atoms with Gasteiger partial charge in [-0.05, 0) is 13.3 Å². The van der Waals surface area contributed by atoms with Crippen molar-refractivity contribution < 1.29 is 4.52 Å². The van der Waals surface area contributed by atoms with Crippen molar-refractivity contribution in [2.24, 2.45) is 5.73 Å². The van der Waals surface area contributed by atoms with E-state index in [1.165, 1.54) is 0 Å². The highest BCUT2D eigenvalue weighted by molar-refractivity contribution is 5.17. The van der Waals surface area contributed by atoms with Crippen LogP contribution in [-0.4, -0.2) is 5.16 Å². The van der Waals surface area contributed by atoms with E-state index >= 15 is 0 Å². The number of nitrogens with two attached hydrogens (primary N) is 1. The van der Waals surface area contributed by atoms with E-state index in [2.05, 4.69) is 12.1 Å². The number of nitrogens with zero attached hydrogens (tertiary/aromatic N) is 1. The first-order valence-corrected chi connectivity index (χ1v) is 3.94. The van der Waals surface area contributed by atoms with Crippen LogP contribution in [0.15, 0.2) is 10.8 Å². The molecule has 1 rings (SSSR count). The summed E-state index contributed by atoms with van der Waals surface area (Å²) in [5.41, 5.74) is 7.70. The first-order chi connectivity index (χ1) is 5.25. The van der Waals surface area contributed by atoms with Crippen molar-refractivity contribution in [2.75, 3.05) is 0 Å². The van der Waals surface area contributed by atoms with Crippen molar-refractivity contribution in [3.05, 3.63) is 17.5 Å². The second kappa shape index (κ2) is 3.53. The molecular weight excluding hydrogens is 140 g/mol. The minimum absolute atomic E-state index is 0.0182. The predicted molar refractivity (Wildman–Crippen MR) is 43.1 cm³/mol. The highest BCUT2D eigenvalue weighted by Crippen LogP contribution is 2.14. The summed E-state index contributed by atoms with van der Waals surface area (Å²) in [5, 5.41) is 3.83. The van der Waals surface area contributed by atoms with Crippen LogP contribution in [-0.2, 0) is 6.42 Å². The zero-order valence-corrected chi connectivity index (χ0v) is 7.00. The van der Waals surface area contributed by atoms with Gasteiger partial charge in [0.05, 0.1) is 0 Å². The zero-order valence-electron chi connectivity index (χ0n) is 7.00. The standard InChI is InChI=1S/C8H14N2O/c1-3-4-7-5-11-10-8(7)6(2)9/h5-6H,3-4,9H2,1-2H3. The van der Waals surface area contributed by atoms with Gasteiger partial charge in [-0.2, -0.15) is 0 Å². The van der Waals surface area contributed by atoms with E-state index < -0.39 is 0 Å². The van der Waals surface area contributed by atoms with Crippen molar-refractivity contribution >= 4 is 0 Å². The van der Waals surface area contributed by atoms with E-state index in [0.29, 0.717) is 0 Å². The van der Waals surface area contributed by atoms with Crippen molar-refractivity contribution in [1.29, 1.82) is 0 Å². The Bertz CT molecular complexity index is 218. The molecule has 3 nitrogen and oxygen atoms in total. The molecule has 0 amide bonds. The normalized spacial score (nSPS) is 13.4. The molecule has 0 aliphatic heterocycles. The van der Waals surface area contributed by atoms with Gasteiger partial charge in [-0.1, -0.05) is 18.5 Å². The Labute approximate surface area is 66.6 Å². The number of aromatic nitrogens is 1. The molecule has 1 aromatic heterocycles. The number of hydrogen-bond donors (Lipinski definition) is 1. The van der Waals surface area contributed by atoms with Crippen LogP contribution >= 0.6 is 0 Å². The summed E-state index contributed by atoms with van der Waals surface area (Å²) >= 11 is 0. The topological polar surface area (TPSA) is 52.0 Å². The smallest absolute Gasteiger partial charge is 0.127 e. The van der Waals surface area contributed by atoms with E-state index in [9.17, 15) is 0 Å². The largest absolute Gasteiger partial charge is 0.364 e. The number of rotatable bonds is 3. The molecule has 1 atom stereocenters. The van der Waals surface area contributed by atoms with Gasteiger partial charge in [-0.3, -0.25) is 0 Å². The SMILES string of the molecule is CCCc1conc1C(C)N. The van der Waals surface area contributed by atoms with Gasteiger partial charge in [-0.25, -0.2) is 0 Å². The molecule has 0 aliphatic carbocycles. The van der Waals surface area contributed by atoms with Crippen molar-refractivity contribution in [2.45, 2.75) is 32.7 Å². The maximum absolute atomic E-state index is 5.67. The van der Waals surface area contributed by atoms with Crippen LogP contribution < -0.4 is 5.73 Å². The van der Waals surface area contributed by atoms with E-state index in [-0.39, 0.29) is 6.04 Å². The molecule has 0 spiro atoms. The lowest BCUT2D eigenvalue weighted by molar-refractivity contribution is 0.407. The summed E-state index contributed by atoms with van der Waals surface area (Å²) in [6.45, 7) is 4.04. The van der Waals surface area contributed by atoms with E-state index in [1.807, 2.05) is 6.92 Å². The molecule has 0 radical (unpaired) electrons. The third-order valence-corrected chi connectivity index (χ3v) is 1.63. The van der Waals surface area contributed by atoms with Gasteiger partial charge in [0.1, 0.15) is 12.0 Å². The van der Waals surface area contributed by atoms with Crippen LogP contribution in [0.3, 0.4) is 0 Å². The van der Waals surface area contributed by atoms with Gasteiger partial charge in [0.15, 0.2) is 0 Å². The Balaban J connectivity index is 2.78. The Hall–Kier alpha value is -0.830. The van der Waals surface area contributed by atoms with Gasteiger partial charge in [0.2, 0.25) is 0 Å². The van der Waals surface area contributed by atoms with E-state index in [0.717, 1.165) is 24.1 Å². The number of hydrogen-bond acceptors (Lipinski definition) is 3. The highest BCUT2D eigenvalue weighted by Gasteiger charge is 2.09. The molecule has 0 bridgehead atoms. The molecule has 3 heteroatoms. The summed E-state index contributed by atoms with van der Waals surface area (Å²) in [6.07, 6.45) is 3.78. The highest BCUT2D eigenvalue weighted by atomic mass is 16.5. The van der Waals surface area contributed by atoms with Crippen LogP contribution in [0, 0.1) is 0 Å². The third-order valence-electron chi connectivity index (χ3n) is 1.63. The summed E-state index contributed by atoms with van der Waals surface area (Å²) < 4.78 is 4.83. The maximum Gasteiger partial charge on any atom is 0.127 e. The Kier molecular flexibility index (Phi) is 2.65. The fraction of sp³-hybridized carbons (Fsp3) is 0.625. The van der Waals surface area contributed by atoms with Gasteiger partial charge < -0.3 is 10.3 Å². The Morgan fingerprint density at radius 3 is 3.00 bits per heavy atom. The summed E-state index contributed by atoms with van der Waals surface area (Å²) in [7, 11) is 0. The predicted octanol–water partition coefficient (Wildman–Crippen LogP) is 1.65. The molecule has 11 heavy (non-hydrogen) atoms. The molecule has 0 fully saturated rings. The Morgan fingerprint density at radius 2 is 2.45 bits per heavy atom. The maximum atomic E-state index is 5.67. The lowest BCUT2D eigenvalue weighted by Crippen LogP contribution is -2.07. The van der Waals surface area contributed by atoms with Crippen LogP contribution in [0.25, 0.3) is 0 Å². The third kappa shape index (κ3) is 1.80. The molecule has 0 saturated heterocycles. The molecule has 1 heterocycles. The molecule has 1 unspecified atom stereocenters. The van der Waals surface area contributed by atoms with Crippen LogP contribution in [0.2, 0.25) is 0 Å². The minimum atomic E-state index is -0.0182. The molecule has 1 aromatic rings. The molecule has 2 N–H and O–H groups in total. The van der Waals surface area contributed by atoms with Crippen molar-refractivity contribution in [3.63, 3.8) is 0 Å². The fourth-order valence-electron chi connectivity index (χ4n) is 1.10. The molecule has 62 valence electrons. The Morgan fingerprint density at radius 1 is 1.73 bits per heavy atom. The molecule has 0 aromatic carbocycles. The molecule has 0 aliphatic rings. The van der Waals surface area contributed by atoms with Crippen molar-refractivity contribution in [1.82, 2.24) is 5.16 Å². The van der Waals surface area contributed by atoms with Gasteiger partial charge in [0, 0.05) is 11.6 Å². The summed E-state index contributed by atoms with van der Waals surface area (Å²) in [6, 6.07) is -0.0182. The van der Waals surface area contributed by atoms with Gasteiger partial charge >= 0.3 is 0 Å². The van der Waals surface area contributed by atoms with E-state index in [1.54, 1.807) is 6.26 Å². The van der Waals surface area contributed by atoms with Crippen LogP contribution in [0.5, 0.6) is 0 Å². The van der Waals surface area contributed by atoms with Crippen molar-refractivity contribution in [3.8, 4) is 0 Å². The monoisotopic (exact) mass is 154 g/mol. The average molecular weight is 154 g/mol. The summed E-state index contributed by atoms with van der Waals surface area (Å²) in [5.74, 6) is 0. The second-order valence-electron chi connectivity index (χ2n) is 2.76. The molecule has 0 saturated carbocycles. The van der Waals surface area contributed by atoms with Crippen LogP contribution in [0.1, 0.15) is 37.6 Å².